The zero-order valence-electron chi connectivity index (χ0n) is 19.1. The van der Waals surface area contributed by atoms with Gasteiger partial charge in [0.05, 0.1) is 11.9 Å². The molecule has 0 bridgehead atoms. The van der Waals surface area contributed by atoms with Crippen LogP contribution in [0, 0.1) is 0 Å². The lowest BCUT2D eigenvalue weighted by atomic mass is 10.1. The Morgan fingerprint density at radius 3 is 2.62 bits per heavy atom. The summed E-state index contributed by atoms with van der Waals surface area (Å²) in [5, 5.41) is 12.4. The van der Waals surface area contributed by atoms with E-state index in [4.69, 9.17) is 4.98 Å². The Labute approximate surface area is 198 Å². The van der Waals surface area contributed by atoms with Gasteiger partial charge in [-0.05, 0) is 49.1 Å². The van der Waals surface area contributed by atoms with Crippen molar-refractivity contribution in [1.82, 2.24) is 25.1 Å². The lowest BCUT2D eigenvalue weighted by Crippen LogP contribution is -2.16. The zero-order valence-corrected chi connectivity index (χ0v) is 19.1. The van der Waals surface area contributed by atoms with Gasteiger partial charge in [-0.1, -0.05) is 36.8 Å². The number of unbranched alkanes of at least 4 members (excludes halogenated alkanes) is 2. The van der Waals surface area contributed by atoms with Gasteiger partial charge in [0.25, 0.3) is 5.91 Å². The summed E-state index contributed by atoms with van der Waals surface area (Å²) in [5.41, 5.74) is 4.18. The maximum absolute atomic E-state index is 13.1. The monoisotopic (exact) mass is 456 g/mol. The summed E-state index contributed by atoms with van der Waals surface area (Å²) in [7, 11) is 1.65. The van der Waals surface area contributed by atoms with Crippen LogP contribution in [0.15, 0.2) is 73.2 Å². The van der Waals surface area contributed by atoms with E-state index in [-0.39, 0.29) is 11.8 Å². The van der Waals surface area contributed by atoms with Crippen molar-refractivity contribution >= 4 is 17.8 Å². The van der Waals surface area contributed by atoms with Gasteiger partial charge in [0.2, 0.25) is 11.9 Å². The zero-order chi connectivity index (χ0) is 23.8. The number of aromatic amines is 1. The van der Waals surface area contributed by atoms with Crippen molar-refractivity contribution in [3.8, 4) is 16.8 Å². The molecule has 0 unspecified atom stereocenters. The summed E-state index contributed by atoms with van der Waals surface area (Å²) in [6.07, 6.45) is 9.49. The quantitative estimate of drug-likeness (QED) is 0.308. The largest absolute Gasteiger partial charge is 0.359 e. The van der Waals surface area contributed by atoms with E-state index in [1.807, 2.05) is 59.3 Å². The predicted octanol–water partition coefficient (Wildman–Crippen LogP) is 4.36. The van der Waals surface area contributed by atoms with E-state index in [0.29, 0.717) is 17.9 Å². The number of nitrogens with one attached hydrogen (secondary N) is 3. The molecule has 0 fully saturated rings. The third-order valence-electron chi connectivity index (χ3n) is 5.59. The number of carbonyl (C=O) groups is 2. The second kappa shape index (κ2) is 11.1. The van der Waals surface area contributed by atoms with Gasteiger partial charge in [0, 0.05) is 42.7 Å². The second-order valence-electron chi connectivity index (χ2n) is 8.02. The van der Waals surface area contributed by atoms with E-state index in [0.717, 1.165) is 48.2 Å². The number of carbonyl (C=O) groups excluding carboxylic acids is 2. The van der Waals surface area contributed by atoms with Crippen molar-refractivity contribution in [2.75, 3.05) is 12.4 Å². The standard InChI is InChI=1S/C26H28N6O2/c1-27-24(33)14-7-2-4-11-22-18-32(23-12-5-3-6-13-23)26(30-22)31-25(34)20-10-8-9-19(15-20)21-16-28-29-17-21/h3,5-6,8-10,12-13,15-18H,2,4,7,11,14H2,1H3,(H,27,33)(H,28,29)(H,30,31,34). The smallest absolute Gasteiger partial charge is 0.258 e. The molecule has 0 saturated carbocycles. The Bertz CT molecular complexity index is 1230. The Kier molecular flexibility index (Phi) is 7.49. The highest BCUT2D eigenvalue weighted by Gasteiger charge is 2.15. The first-order chi connectivity index (χ1) is 16.6. The van der Waals surface area contributed by atoms with Crippen LogP contribution in [0.25, 0.3) is 16.8 Å². The number of imidazole rings is 1. The number of hydrogen-bond acceptors (Lipinski definition) is 4. The van der Waals surface area contributed by atoms with E-state index < -0.39 is 0 Å². The molecule has 8 heteroatoms. The molecular weight excluding hydrogens is 428 g/mol. The molecule has 0 aliphatic carbocycles. The van der Waals surface area contributed by atoms with E-state index in [2.05, 4.69) is 20.8 Å². The maximum Gasteiger partial charge on any atom is 0.258 e. The van der Waals surface area contributed by atoms with Crippen molar-refractivity contribution < 1.29 is 9.59 Å². The number of aromatic nitrogens is 4. The SMILES string of the molecule is CNC(=O)CCCCCc1cn(-c2ccccc2)c(NC(=O)c2cccc(-c3cn[nH]c3)c2)n1. The van der Waals surface area contributed by atoms with Crippen LogP contribution in [0.4, 0.5) is 5.95 Å². The lowest BCUT2D eigenvalue weighted by Gasteiger charge is -2.09. The molecule has 174 valence electrons. The van der Waals surface area contributed by atoms with Gasteiger partial charge in [-0.3, -0.25) is 24.6 Å². The van der Waals surface area contributed by atoms with Gasteiger partial charge < -0.3 is 5.32 Å². The molecule has 2 heterocycles. The molecule has 3 N–H and O–H groups in total. The van der Waals surface area contributed by atoms with Crippen LogP contribution >= 0.6 is 0 Å². The third-order valence-corrected chi connectivity index (χ3v) is 5.59. The molecule has 4 rings (SSSR count). The maximum atomic E-state index is 13.1. The summed E-state index contributed by atoms with van der Waals surface area (Å²) in [6.45, 7) is 0. The molecule has 2 aromatic carbocycles. The molecule has 2 aromatic heterocycles. The van der Waals surface area contributed by atoms with Crippen LogP contribution in [-0.4, -0.2) is 38.6 Å². The van der Waals surface area contributed by atoms with Gasteiger partial charge in [-0.25, -0.2) is 4.98 Å². The summed E-state index contributed by atoms with van der Waals surface area (Å²) < 4.78 is 1.90. The average Bonchev–Trinajstić information content (AvgIpc) is 3.55. The Hall–Kier alpha value is -4.20. The third kappa shape index (κ3) is 5.78. The van der Waals surface area contributed by atoms with Gasteiger partial charge in [-0.2, -0.15) is 5.10 Å². The number of anilines is 1. The topological polar surface area (TPSA) is 105 Å². The van der Waals surface area contributed by atoms with E-state index >= 15 is 0 Å². The molecule has 8 nitrogen and oxygen atoms in total. The van der Waals surface area contributed by atoms with Crippen molar-refractivity contribution in [3.63, 3.8) is 0 Å². The van der Waals surface area contributed by atoms with Crippen LogP contribution in [-0.2, 0) is 11.2 Å². The summed E-state index contributed by atoms with van der Waals surface area (Å²) >= 11 is 0. The van der Waals surface area contributed by atoms with Crippen LogP contribution < -0.4 is 10.6 Å². The normalized spacial score (nSPS) is 10.7. The van der Waals surface area contributed by atoms with Crippen molar-refractivity contribution in [2.45, 2.75) is 32.1 Å². The number of H-pyrrole nitrogens is 1. The van der Waals surface area contributed by atoms with Gasteiger partial charge in [-0.15, -0.1) is 0 Å². The summed E-state index contributed by atoms with van der Waals surface area (Å²) in [5.74, 6) is 0.311. The molecule has 0 saturated heterocycles. The van der Waals surface area contributed by atoms with Crippen LogP contribution in [0.3, 0.4) is 0 Å². The summed E-state index contributed by atoms with van der Waals surface area (Å²) in [6, 6.07) is 17.2. The number of aryl methyl sites for hydroxylation is 1. The fourth-order valence-electron chi connectivity index (χ4n) is 3.74. The lowest BCUT2D eigenvalue weighted by molar-refractivity contribution is -0.120. The Morgan fingerprint density at radius 1 is 1.00 bits per heavy atom. The molecule has 0 radical (unpaired) electrons. The fraction of sp³-hybridized carbons (Fsp3) is 0.231. The summed E-state index contributed by atoms with van der Waals surface area (Å²) in [4.78, 5) is 29.2. The molecule has 0 atom stereocenters. The first-order valence-electron chi connectivity index (χ1n) is 11.4. The van der Waals surface area contributed by atoms with Crippen molar-refractivity contribution in [2.24, 2.45) is 0 Å². The molecule has 34 heavy (non-hydrogen) atoms. The molecule has 0 spiro atoms. The Morgan fingerprint density at radius 2 is 1.85 bits per heavy atom. The molecule has 2 amide bonds. The number of nitrogens with zero attached hydrogens (tertiary/aromatic N) is 3. The minimum absolute atomic E-state index is 0.0650. The highest BCUT2D eigenvalue weighted by Crippen LogP contribution is 2.22. The van der Waals surface area contributed by atoms with Crippen molar-refractivity contribution in [3.05, 3.63) is 84.4 Å². The number of amides is 2. The fourth-order valence-corrected chi connectivity index (χ4v) is 3.74. The number of hydrogen-bond donors (Lipinski definition) is 3. The first kappa shape index (κ1) is 23.0. The van der Waals surface area contributed by atoms with Crippen LogP contribution in [0.5, 0.6) is 0 Å². The molecular formula is C26H28N6O2. The van der Waals surface area contributed by atoms with Gasteiger partial charge >= 0.3 is 0 Å². The minimum Gasteiger partial charge on any atom is -0.359 e. The van der Waals surface area contributed by atoms with Crippen molar-refractivity contribution in [1.29, 1.82) is 0 Å². The number of benzene rings is 2. The van der Waals surface area contributed by atoms with Crippen LogP contribution in [0.2, 0.25) is 0 Å². The number of para-hydroxylation sites is 1. The van der Waals surface area contributed by atoms with E-state index in [1.165, 1.54) is 0 Å². The first-order valence-corrected chi connectivity index (χ1v) is 11.4. The highest BCUT2D eigenvalue weighted by atomic mass is 16.2. The minimum atomic E-state index is -0.231. The van der Waals surface area contributed by atoms with E-state index in [1.54, 1.807) is 25.5 Å². The number of rotatable bonds is 10. The van der Waals surface area contributed by atoms with Gasteiger partial charge in [0.15, 0.2) is 0 Å². The van der Waals surface area contributed by atoms with E-state index in [9.17, 15) is 9.59 Å². The highest BCUT2D eigenvalue weighted by molar-refractivity contribution is 6.04. The average molecular weight is 457 g/mol. The van der Waals surface area contributed by atoms with Gasteiger partial charge in [0.1, 0.15) is 0 Å². The second-order valence-corrected chi connectivity index (χ2v) is 8.02. The predicted molar refractivity (Wildman–Crippen MR) is 132 cm³/mol. The Balaban J connectivity index is 1.49. The molecule has 0 aliphatic rings. The molecule has 4 aromatic rings. The molecule has 0 aliphatic heterocycles. The van der Waals surface area contributed by atoms with Crippen LogP contribution in [0.1, 0.15) is 41.7 Å².